The molecule has 1 aliphatic heterocycles. The van der Waals surface area contributed by atoms with E-state index >= 15 is 0 Å². The van der Waals surface area contributed by atoms with Crippen molar-refractivity contribution in [2.75, 3.05) is 13.2 Å². The number of carbonyl (C=O) groups is 2. The van der Waals surface area contributed by atoms with Crippen molar-refractivity contribution >= 4 is 35.0 Å². The quantitative estimate of drug-likeness (QED) is 0.517. The molecule has 176 valence electrons. The number of ether oxygens (including phenoxy) is 2. The fourth-order valence-corrected chi connectivity index (χ4v) is 3.59. The lowest BCUT2D eigenvalue weighted by atomic mass is 9.86. The molecule has 0 aromatic heterocycles. The zero-order valence-electron chi connectivity index (χ0n) is 17.8. The van der Waals surface area contributed by atoms with Gasteiger partial charge in [0.25, 0.3) is 11.8 Å². The predicted molar refractivity (Wildman–Crippen MR) is 122 cm³/mol. The second-order valence-electron chi connectivity index (χ2n) is 7.78. The van der Waals surface area contributed by atoms with Crippen molar-refractivity contribution in [3.05, 3.63) is 70.1 Å². The maximum atomic E-state index is 13.4. The fourth-order valence-electron chi connectivity index (χ4n) is 3.30. The molecule has 10 heteroatoms. The lowest BCUT2D eigenvalue weighted by molar-refractivity contribution is -0.133. The van der Waals surface area contributed by atoms with Gasteiger partial charge in [0.2, 0.25) is 0 Å². The molecule has 2 aromatic rings. The van der Waals surface area contributed by atoms with Gasteiger partial charge in [-0.2, -0.15) is 0 Å². The highest BCUT2D eigenvalue weighted by Gasteiger charge is 2.39. The molecule has 0 aliphatic carbocycles. The molecular formula is C23H23Cl2FN2O5. The Labute approximate surface area is 200 Å². The molecule has 1 aliphatic rings. The van der Waals surface area contributed by atoms with Crippen LogP contribution in [0.1, 0.15) is 25.3 Å². The summed E-state index contributed by atoms with van der Waals surface area (Å²) < 4.78 is 24.3. The van der Waals surface area contributed by atoms with Gasteiger partial charge >= 0.3 is 0 Å². The highest BCUT2D eigenvalue weighted by molar-refractivity contribution is 6.31. The van der Waals surface area contributed by atoms with Gasteiger partial charge in [-0.05, 0) is 37.3 Å². The molecule has 1 heterocycles. The molecule has 3 N–H and O–H groups in total. The van der Waals surface area contributed by atoms with Crippen molar-refractivity contribution in [2.45, 2.75) is 31.5 Å². The number of rotatable bonds is 8. The van der Waals surface area contributed by atoms with Crippen molar-refractivity contribution in [3.8, 4) is 11.5 Å². The van der Waals surface area contributed by atoms with E-state index in [4.69, 9.17) is 32.7 Å². The number of nitrogens with one attached hydrogen (secondary N) is 2. The predicted octanol–water partition coefficient (Wildman–Crippen LogP) is 3.71. The molecule has 2 amide bonds. The maximum Gasteiger partial charge on any atom is 0.262 e. The summed E-state index contributed by atoms with van der Waals surface area (Å²) in [5.74, 6) is -0.970. The Hall–Kier alpha value is -2.81. The van der Waals surface area contributed by atoms with Gasteiger partial charge in [-0.15, -0.1) is 0 Å². The lowest BCUT2D eigenvalue weighted by Crippen LogP contribution is -2.46. The van der Waals surface area contributed by atoms with E-state index in [0.717, 1.165) is 6.07 Å². The van der Waals surface area contributed by atoms with E-state index in [1.165, 1.54) is 12.1 Å². The molecule has 33 heavy (non-hydrogen) atoms. The Balaban J connectivity index is 1.42. The number of hydrogen-bond donors (Lipinski definition) is 3. The average molecular weight is 497 g/mol. The Morgan fingerprint density at radius 3 is 2.79 bits per heavy atom. The molecule has 0 radical (unpaired) electrons. The van der Waals surface area contributed by atoms with Crippen molar-refractivity contribution < 1.29 is 28.6 Å². The number of carbonyl (C=O) groups excluding carboxylic acids is 2. The average Bonchev–Trinajstić information content (AvgIpc) is 2.74. The van der Waals surface area contributed by atoms with Gasteiger partial charge in [0, 0.05) is 41.7 Å². The highest BCUT2D eigenvalue weighted by atomic mass is 35.5. The van der Waals surface area contributed by atoms with E-state index in [-0.39, 0.29) is 36.8 Å². The fraction of sp³-hybridized carbons (Fsp3) is 0.304. The van der Waals surface area contributed by atoms with Crippen LogP contribution < -0.4 is 20.1 Å². The SMILES string of the molecule is C=C(CCNC(=O)[C@@H]1C[C@](C)(O)c2cc(Cl)ccc2O1)NC(=O)COc1ccc(Cl)c(F)c1. The van der Waals surface area contributed by atoms with Crippen molar-refractivity contribution in [2.24, 2.45) is 0 Å². The summed E-state index contributed by atoms with van der Waals surface area (Å²) >= 11 is 11.6. The van der Waals surface area contributed by atoms with Gasteiger partial charge < -0.3 is 25.2 Å². The first kappa shape index (κ1) is 24.8. The molecule has 0 bridgehead atoms. The van der Waals surface area contributed by atoms with Gasteiger partial charge in [-0.3, -0.25) is 9.59 Å². The van der Waals surface area contributed by atoms with Crippen LogP contribution in [0.15, 0.2) is 48.7 Å². The summed E-state index contributed by atoms with van der Waals surface area (Å²) in [6, 6.07) is 8.71. The third-order valence-electron chi connectivity index (χ3n) is 4.97. The highest BCUT2D eigenvalue weighted by Crippen LogP contribution is 2.40. The molecule has 2 atom stereocenters. The molecule has 0 saturated heterocycles. The van der Waals surface area contributed by atoms with E-state index in [9.17, 15) is 19.1 Å². The minimum atomic E-state index is -1.27. The number of fused-ring (bicyclic) bond motifs is 1. The van der Waals surface area contributed by atoms with Crippen LogP contribution in [0.2, 0.25) is 10.0 Å². The standard InChI is InChI=1S/C23H23Cl2FN2O5/c1-13(28-21(29)12-32-15-4-5-17(25)18(26)10-15)7-8-27-22(30)20-11-23(2,31)16-9-14(24)3-6-19(16)33-20/h3-6,9-10,20,31H,1,7-8,11-12H2,2H3,(H,27,30)(H,28,29)/t20-,23-/m0/s1. The monoisotopic (exact) mass is 496 g/mol. The summed E-state index contributed by atoms with van der Waals surface area (Å²) in [4.78, 5) is 24.5. The number of amides is 2. The molecule has 7 nitrogen and oxygen atoms in total. The van der Waals surface area contributed by atoms with Crippen molar-refractivity contribution in [1.82, 2.24) is 10.6 Å². The summed E-state index contributed by atoms with van der Waals surface area (Å²) in [6.07, 6.45) is -0.556. The van der Waals surface area contributed by atoms with Crippen LogP contribution in [0.25, 0.3) is 0 Å². The number of hydrogen-bond acceptors (Lipinski definition) is 5. The van der Waals surface area contributed by atoms with Crippen LogP contribution in [0.5, 0.6) is 11.5 Å². The Morgan fingerprint density at radius 1 is 1.30 bits per heavy atom. The first-order chi connectivity index (χ1) is 15.5. The van der Waals surface area contributed by atoms with Crippen LogP contribution in [0.4, 0.5) is 4.39 Å². The van der Waals surface area contributed by atoms with Crippen LogP contribution in [-0.2, 0) is 15.2 Å². The summed E-state index contributed by atoms with van der Waals surface area (Å²) in [7, 11) is 0. The minimum absolute atomic E-state index is 0.0434. The third kappa shape index (κ3) is 6.60. The Kier molecular flexibility index (Phi) is 7.84. The van der Waals surface area contributed by atoms with E-state index in [0.29, 0.717) is 22.0 Å². The first-order valence-electron chi connectivity index (χ1n) is 10.1. The zero-order valence-corrected chi connectivity index (χ0v) is 19.3. The molecule has 0 fully saturated rings. The molecule has 0 saturated carbocycles. The summed E-state index contributed by atoms with van der Waals surface area (Å²) in [6.45, 7) is 5.19. The zero-order chi connectivity index (χ0) is 24.2. The topological polar surface area (TPSA) is 96.9 Å². The molecule has 0 spiro atoms. The minimum Gasteiger partial charge on any atom is -0.484 e. The number of halogens is 3. The number of benzene rings is 2. The van der Waals surface area contributed by atoms with Crippen molar-refractivity contribution in [1.29, 1.82) is 0 Å². The molecule has 3 rings (SSSR count). The molecule has 2 aromatic carbocycles. The van der Waals surface area contributed by atoms with Gasteiger partial charge in [-0.1, -0.05) is 29.8 Å². The smallest absolute Gasteiger partial charge is 0.262 e. The summed E-state index contributed by atoms with van der Waals surface area (Å²) in [5.41, 5.74) is -0.383. The Bertz CT molecular complexity index is 1080. The van der Waals surface area contributed by atoms with Crippen LogP contribution >= 0.6 is 23.2 Å². The van der Waals surface area contributed by atoms with E-state index in [1.54, 1.807) is 25.1 Å². The Morgan fingerprint density at radius 2 is 2.06 bits per heavy atom. The van der Waals surface area contributed by atoms with Gasteiger partial charge in [-0.25, -0.2) is 4.39 Å². The normalized spacial score (nSPS) is 19.1. The largest absolute Gasteiger partial charge is 0.484 e. The van der Waals surface area contributed by atoms with E-state index < -0.39 is 29.3 Å². The number of aliphatic hydroxyl groups is 1. The van der Waals surface area contributed by atoms with Gasteiger partial charge in [0.1, 0.15) is 17.3 Å². The molecular weight excluding hydrogens is 474 g/mol. The van der Waals surface area contributed by atoms with E-state index in [1.807, 2.05) is 0 Å². The third-order valence-corrected chi connectivity index (χ3v) is 5.51. The van der Waals surface area contributed by atoms with Crippen LogP contribution in [0, 0.1) is 5.82 Å². The summed E-state index contributed by atoms with van der Waals surface area (Å²) in [5, 5.41) is 16.4. The van der Waals surface area contributed by atoms with Crippen molar-refractivity contribution in [3.63, 3.8) is 0 Å². The first-order valence-corrected chi connectivity index (χ1v) is 10.8. The van der Waals surface area contributed by atoms with E-state index in [2.05, 4.69) is 17.2 Å². The second-order valence-corrected chi connectivity index (χ2v) is 8.63. The van der Waals surface area contributed by atoms with Crippen LogP contribution in [-0.4, -0.2) is 36.2 Å². The lowest BCUT2D eigenvalue weighted by Gasteiger charge is -2.35. The van der Waals surface area contributed by atoms with Gasteiger partial charge in [0.15, 0.2) is 12.7 Å². The molecule has 0 unspecified atom stereocenters. The maximum absolute atomic E-state index is 13.4. The van der Waals surface area contributed by atoms with Crippen LogP contribution in [0.3, 0.4) is 0 Å². The second kappa shape index (κ2) is 10.4. The van der Waals surface area contributed by atoms with Gasteiger partial charge in [0.05, 0.1) is 10.6 Å².